The van der Waals surface area contributed by atoms with Crippen LogP contribution in [-0.2, 0) is 0 Å². The number of carbonyl (C=O) groups excluding carboxylic acids is 1. The van der Waals surface area contributed by atoms with Crippen LogP contribution in [0.1, 0.15) is 47.7 Å². The van der Waals surface area contributed by atoms with E-state index < -0.39 is 0 Å². The molecule has 0 bridgehead atoms. The molecule has 0 spiro atoms. The summed E-state index contributed by atoms with van der Waals surface area (Å²) in [7, 11) is 0. The van der Waals surface area contributed by atoms with Gasteiger partial charge in [-0.2, -0.15) is 0 Å². The summed E-state index contributed by atoms with van der Waals surface area (Å²) in [6, 6.07) is 12.1. The third-order valence-corrected chi connectivity index (χ3v) is 5.01. The molecule has 0 aliphatic carbocycles. The summed E-state index contributed by atoms with van der Waals surface area (Å²) in [5.41, 5.74) is 11.5. The molecule has 1 heterocycles. The van der Waals surface area contributed by atoms with Crippen LogP contribution in [0.5, 0.6) is 0 Å². The average molecular weight is 337 g/mol. The number of piperidine rings is 1. The van der Waals surface area contributed by atoms with Crippen LogP contribution in [0.3, 0.4) is 0 Å². The highest BCUT2D eigenvalue weighted by Gasteiger charge is 2.21. The maximum Gasteiger partial charge on any atom is 0.255 e. The highest BCUT2D eigenvalue weighted by atomic mass is 16.1. The van der Waals surface area contributed by atoms with Crippen LogP contribution in [0.15, 0.2) is 36.4 Å². The average Bonchev–Trinajstić information content (AvgIpc) is 2.58. The van der Waals surface area contributed by atoms with E-state index in [0.717, 1.165) is 17.7 Å². The topological polar surface area (TPSA) is 58.4 Å². The van der Waals surface area contributed by atoms with Gasteiger partial charge in [-0.3, -0.25) is 4.79 Å². The zero-order chi connectivity index (χ0) is 18.0. The van der Waals surface area contributed by atoms with E-state index in [4.69, 9.17) is 5.73 Å². The fourth-order valence-corrected chi connectivity index (χ4v) is 3.57. The number of nitrogen functional groups attached to an aromatic ring is 1. The molecule has 1 atom stereocenters. The molecule has 2 aromatic rings. The van der Waals surface area contributed by atoms with Gasteiger partial charge in [0.1, 0.15) is 0 Å². The predicted molar refractivity (Wildman–Crippen MR) is 105 cm³/mol. The minimum absolute atomic E-state index is 0.128. The lowest BCUT2D eigenvalue weighted by atomic mass is 10.0. The quantitative estimate of drug-likeness (QED) is 0.810. The van der Waals surface area contributed by atoms with Gasteiger partial charge in [0.25, 0.3) is 5.91 Å². The molecular formula is C21H27N3O. The summed E-state index contributed by atoms with van der Waals surface area (Å²) >= 11 is 0. The zero-order valence-electron chi connectivity index (χ0n) is 15.3. The Morgan fingerprint density at radius 1 is 1.20 bits per heavy atom. The first-order valence-electron chi connectivity index (χ1n) is 9.00. The van der Waals surface area contributed by atoms with Gasteiger partial charge in [-0.05, 0) is 69.9 Å². The van der Waals surface area contributed by atoms with Crippen molar-refractivity contribution in [3.63, 3.8) is 0 Å². The molecule has 2 aromatic carbocycles. The van der Waals surface area contributed by atoms with Gasteiger partial charge in [0.15, 0.2) is 0 Å². The number of benzene rings is 2. The third kappa shape index (κ3) is 3.78. The second kappa shape index (κ2) is 7.18. The summed E-state index contributed by atoms with van der Waals surface area (Å²) in [6.45, 7) is 7.38. The summed E-state index contributed by atoms with van der Waals surface area (Å²) in [5, 5.41) is 2.98. The van der Waals surface area contributed by atoms with Gasteiger partial charge >= 0.3 is 0 Å². The lowest BCUT2D eigenvalue weighted by Gasteiger charge is -2.36. The highest BCUT2D eigenvalue weighted by Crippen LogP contribution is 2.33. The number of amides is 1. The second-order valence-electron chi connectivity index (χ2n) is 7.09. The molecule has 25 heavy (non-hydrogen) atoms. The number of carbonyl (C=O) groups is 1. The molecule has 1 aliphatic heterocycles. The molecule has 132 valence electrons. The molecular weight excluding hydrogens is 310 g/mol. The molecule has 1 saturated heterocycles. The SMILES string of the molecule is Cc1cccc(C(=O)Nc2cc(N3CCCCC3C)c(C)cc2N)c1. The van der Waals surface area contributed by atoms with Crippen molar-refractivity contribution in [1.29, 1.82) is 0 Å². The van der Waals surface area contributed by atoms with Gasteiger partial charge in [-0.25, -0.2) is 0 Å². The van der Waals surface area contributed by atoms with Crippen LogP contribution in [0, 0.1) is 13.8 Å². The summed E-state index contributed by atoms with van der Waals surface area (Å²) in [6.07, 6.45) is 3.69. The van der Waals surface area contributed by atoms with E-state index in [1.54, 1.807) is 0 Å². The lowest BCUT2D eigenvalue weighted by Crippen LogP contribution is -2.37. The summed E-state index contributed by atoms with van der Waals surface area (Å²) in [4.78, 5) is 15.0. The van der Waals surface area contributed by atoms with E-state index in [1.165, 1.54) is 24.9 Å². The molecule has 0 radical (unpaired) electrons. The third-order valence-electron chi connectivity index (χ3n) is 5.01. The Morgan fingerprint density at radius 2 is 2.00 bits per heavy atom. The molecule has 3 rings (SSSR count). The Labute approximate surface area is 150 Å². The van der Waals surface area contributed by atoms with E-state index in [0.29, 0.717) is 23.0 Å². The number of hydrogen-bond acceptors (Lipinski definition) is 3. The van der Waals surface area contributed by atoms with Gasteiger partial charge in [-0.1, -0.05) is 17.7 Å². The van der Waals surface area contributed by atoms with Crippen molar-refractivity contribution in [2.45, 2.75) is 46.1 Å². The van der Waals surface area contributed by atoms with E-state index >= 15 is 0 Å². The van der Waals surface area contributed by atoms with Crippen molar-refractivity contribution in [2.75, 3.05) is 22.5 Å². The van der Waals surface area contributed by atoms with Crippen molar-refractivity contribution < 1.29 is 4.79 Å². The molecule has 0 saturated carbocycles. The number of rotatable bonds is 3. The normalized spacial score (nSPS) is 17.4. The minimum atomic E-state index is -0.128. The van der Waals surface area contributed by atoms with Gasteiger partial charge in [0, 0.05) is 23.8 Å². The Morgan fingerprint density at radius 3 is 2.72 bits per heavy atom. The number of nitrogens with two attached hydrogens (primary N) is 1. The van der Waals surface area contributed by atoms with Crippen LogP contribution in [-0.4, -0.2) is 18.5 Å². The molecule has 1 fully saturated rings. The van der Waals surface area contributed by atoms with Crippen LogP contribution in [0.2, 0.25) is 0 Å². The zero-order valence-corrected chi connectivity index (χ0v) is 15.3. The first-order chi connectivity index (χ1) is 12.0. The van der Waals surface area contributed by atoms with Crippen molar-refractivity contribution in [2.24, 2.45) is 0 Å². The van der Waals surface area contributed by atoms with Crippen molar-refractivity contribution >= 4 is 23.0 Å². The monoisotopic (exact) mass is 337 g/mol. The van der Waals surface area contributed by atoms with Crippen molar-refractivity contribution in [3.05, 3.63) is 53.1 Å². The molecule has 3 N–H and O–H groups in total. The molecule has 1 unspecified atom stereocenters. The number of nitrogens with zero attached hydrogens (tertiary/aromatic N) is 1. The smallest absolute Gasteiger partial charge is 0.255 e. The van der Waals surface area contributed by atoms with Gasteiger partial charge < -0.3 is 16.0 Å². The van der Waals surface area contributed by atoms with E-state index in [9.17, 15) is 4.79 Å². The number of aryl methyl sites for hydroxylation is 2. The first-order valence-corrected chi connectivity index (χ1v) is 9.00. The number of hydrogen-bond donors (Lipinski definition) is 2. The van der Waals surface area contributed by atoms with Crippen LogP contribution in [0.4, 0.5) is 17.1 Å². The standard InChI is InChI=1S/C21H27N3O/c1-14-7-6-9-17(11-14)21(25)23-19-13-20(15(2)12-18(19)22)24-10-5-4-8-16(24)3/h6-7,9,11-13,16H,4-5,8,10,22H2,1-3H3,(H,23,25). The fourth-order valence-electron chi connectivity index (χ4n) is 3.57. The van der Waals surface area contributed by atoms with Gasteiger partial charge in [-0.15, -0.1) is 0 Å². The highest BCUT2D eigenvalue weighted by molar-refractivity contribution is 6.06. The first kappa shape index (κ1) is 17.3. The van der Waals surface area contributed by atoms with Crippen LogP contribution >= 0.6 is 0 Å². The molecule has 1 amide bonds. The molecule has 4 heteroatoms. The maximum atomic E-state index is 12.6. The molecule has 0 aromatic heterocycles. The van der Waals surface area contributed by atoms with Crippen molar-refractivity contribution in [1.82, 2.24) is 0 Å². The van der Waals surface area contributed by atoms with Crippen LogP contribution < -0.4 is 16.0 Å². The van der Waals surface area contributed by atoms with E-state index in [-0.39, 0.29) is 5.91 Å². The minimum Gasteiger partial charge on any atom is -0.397 e. The van der Waals surface area contributed by atoms with E-state index in [2.05, 4.69) is 24.1 Å². The molecule has 4 nitrogen and oxygen atoms in total. The Balaban J connectivity index is 1.88. The summed E-state index contributed by atoms with van der Waals surface area (Å²) in [5.74, 6) is -0.128. The Bertz CT molecular complexity index is 785. The van der Waals surface area contributed by atoms with E-state index in [1.807, 2.05) is 43.3 Å². The van der Waals surface area contributed by atoms with Crippen LogP contribution in [0.25, 0.3) is 0 Å². The predicted octanol–water partition coefficient (Wildman–Crippen LogP) is 4.52. The molecule has 1 aliphatic rings. The lowest BCUT2D eigenvalue weighted by molar-refractivity contribution is 0.102. The Kier molecular flexibility index (Phi) is 4.98. The van der Waals surface area contributed by atoms with Gasteiger partial charge in [0.2, 0.25) is 0 Å². The summed E-state index contributed by atoms with van der Waals surface area (Å²) < 4.78 is 0. The second-order valence-corrected chi connectivity index (χ2v) is 7.09. The van der Waals surface area contributed by atoms with Gasteiger partial charge in [0.05, 0.1) is 11.4 Å². The maximum absolute atomic E-state index is 12.6. The number of anilines is 3. The Hall–Kier alpha value is -2.49. The fraction of sp³-hybridized carbons (Fsp3) is 0.381. The van der Waals surface area contributed by atoms with Crippen molar-refractivity contribution in [3.8, 4) is 0 Å². The number of nitrogens with one attached hydrogen (secondary N) is 1. The largest absolute Gasteiger partial charge is 0.397 e.